The molecule has 1 aromatic carbocycles. The number of carbonyl (C=O) groups is 2. The van der Waals surface area contributed by atoms with Crippen LogP contribution in [0.3, 0.4) is 0 Å². The van der Waals surface area contributed by atoms with Crippen LogP contribution in [-0.4, -0.2) is 43.7 Å². The van der Waals surface area contributed by atoms with Crippen molar-refractivity contribution in [3.63, 3.8) is 0 Å². The second kappa shape index (κ2) is 9.94. The first-order valence-corrected chi connectivity index (χ1v) is 8.55. The molecule has 2 rings (SSSR count). The second-order valence-electron chi connectivity index (χ2n) is 5.53. The van der Waals surface area contributed by atoms with Crippen LogP contribution in [0.4, 0.5) is 0 Å². The number of carbonyl (C=O) groups excluding carboxylic acids is 2. The van der Waals surface area contributed by atoms with Crippen LogP contribution in [0, 0.1) is 0 Å². The van der Waals surface area contributed by atoms with Crippen molar-refractivity contribution >= 4 is 11.9 Å². The predicted molar refractivity (Wildman–Crippen MR) is 91.8 cm³/mol. The van der Waals surface area contributed by atoms with E-state index in [9.17, 15) is 9.59 Å². The molecule has 0 N–H and O–H groups in total. The van der Waals surface area contributed by atoms with Crippen molar-refractivity contribution in [2.75, 3.05) is 13.2 Å². The Labute approximate surface area is 152 Å². The third-order valence-electron chi connectivity index (χ3n) is 3.55. The molecule has 7 nitrogen and oxygen atoms in total. The van der Waals surface area contributed by atoms with Gasteiger partial charge in [0, 0.05) is 13.5 Å². The van der Waals surface area contributed by atoms with Gasteiger partial charge in [-0.25, -0.2) is 4.79 Å². The van der Waals surface area contributed by atoms with Crippen molar-refractivity contribution in [1.29, 1.82) is 0 Å². The zero-order valence-electron chi connectivity index (χ0n) is 15.2. The lowest BCUT2D eigenvalue weighted by Crippen LogP contribution is -2.48. The van der Waals surface area contributed by atoms with Crippen molar-refractivity contribution in [1.82, 2.24) is 0 Å². The van der Waals surface area contributed by atoms with Gasteiger partial charge in [0.15, 0.2) is 6.10 Å². The average molecular weight is 364 g/mol. The Morgan fingerprint density at radius 2 is 1.81 bits per heavy atom. The van der Waals surface area contributed by atoms with Gasteiger partial charge in [0.25, 0.3) is 0 Å². The van der Waals surface area contributed by atoms with Crippen molar-refractivity contribution in [3.8, 4) is 0 Å². The normalized spacial score (nSPS) is 22.1. The number of hydrogen-bond donors (Lipinski definition) is 0. The molecule has 0 aliphatic carbocycles. The fourth-order valence-corrected chi connectivity index (χ4v) is 2.48. The molecular weight excluding hydrogens is 340 g/mol. The van der Waals surface area contributed by atoms with Gasteiger partial charge in [-0.1, -0.05) is 30.3 Å². The summed E-state index contributed by atoms with van der Waals surface area (Å²) >= 11 is 0. The first-order chi connectivity index (χ1) is 12.5. The van der Waals surface area contributed by atoms with Gasteiger partial charge < -0.3 is 23.7 Å². The molecule has 0 amide bonds. The van der Waals surface area contributed by atoms with Crippen LogP contribution < -0.4 is 0 Å². The molecule has 142 valence electrons. The molecule has 0 saturated heterocycles. The quantitative estimate of drug-likeness (QED) is 0.655. The lowest BCUT2D eigenvalue weighted by atomic mass is 10.1. The monoisotopic (exact) mass is 364 g/mol. The van der Waals surface area contributed by atoms with Crippen LogP contribution in [0.25, 0.3) is 0 Å². The van der Waals surface area contributed by atoms with Crippen molar-refractivity contribution in [2.24, 2.45) is 0 Å². The van der Waals surface area contributed by atoms with Gasteiger partial charge in [0.05, 0.1) is 13.2 Å². The van der Waals surface area contributed by atoms with E-state index in [4.69, 9.17) is 23.7 Å². The number of rotatable bonds is 8. The fraction of sp³-hybridized carbons (Fsp3) is 0.474. The Bertz CT molecular complexity index is 626. The summed E-state index contributed by atoms with van der Waals surface area (Å²) in [5.41, 5.74) is 0.915. The van der Waals surface area contributed by atoms with Gasteiger partial charge in [-0.2, -0.15) is 0 Å². The molecule has 0 saturated carbocycles. The molecule has 1 aliphatic rings. The highest BCUT2D eigenvalue weighted by Crippen LogP contribution is 2.26. The first kappa shape index (κ1) is 19.9. The minimum Gasteiger partial charge on any atom is -0.460 e. The van der Waals surface area contributed by atoms with Crippen molar-refractivity contribution < 1.29 is 33.3 Å². The molecule has 0 aromatic heterocycles. The van der Waals surface area contributed by atoms with Crippen molar-refractivity contribution in [3.05, 3.63) is 47.7 Å². The van der Waals surface area contributed by atoms with Crippen LogP contribution in [0.15, 0.2) is 42.2 Å². The molecule has 1 aromatic rings. The standard InChI is InChI=1S/C19H24O7/c1-4-22-15-11-16(18(21)23-5-2)26-19(17(15)25-13(3)20)24-12-14-9-7-6-8-10-14/h6-11,15,17,19H,4-5,12H2,1-3H3/t15-,17-,19+/m0/s1. The number of hydrogen-bond acceptors (Lipinski definition) is 7. The van der Waals surface area contributed by atoms with Gasteiger partial charge in [-0.3, -0.25) is 4.79 Å². The number of esters is 2. The molecule has 0 radical (unpaired) electrons. The maximum atomic E-state index is 12.1. The van der Waals surface area contributed by atoms with Gasteiger partial charge in [-0.15, -0.1) is 0 Å². The van der Waals surface area contributed by atoms with Gasteiger partial charge in [-0.05, 0) is 25.5 Å². The molecule has 7 heteroatoms. The highest BCUT2D eigenvalue weighted by atomic mass is 16.7. The van der Waals surface area contributed by atoms with Gasteiger partial charge >= 0.3 is 11.9 Å². The summed E-state index contributed by atoms with van der Waals surface area (Å²) in [5.74, 6) is -1.14. The summed E-state index contributed by atoms with van der Waals surface area (Å²) in [7, 11) is 0. The van der Waals surface area contributed by atoms with E-state index in [1.807, 2.05) is 30.3 Å². The smallest absolute Gasteiger partial charge is 0.373 e. The minimum atomic E-state index is -1.000. The largest absolute Gasteiger partial charge is 0.460 e. The summed E-state index contributed by atoms with van der Waals surface area (Å²) in [6, 6.07) is 9.46. The molecule has 0 spiro atoms. The highest BCUT2D eigenvalue weighted by molar-refractivity contribution is 5.86. The van der Waals surface area contributed by atoms with E-state index in [-0.39, 0.29) is 19.0 Å². The third-order valence-corrected chi connectivity index (χ3v) is 3.55. The van der Waals surface area contributed by atoms with Crippen LogP contribution in [0.5, 0.6) is 0 Å². The van der Waals surface area contributed by atoms with Crippen LogP contribution in [0.2, 0.25) is 0 Å². The molecule has 1 aliphatic heterocycles. The highest BCUT2D eigenvalue weighted by Gasteiger charge is 2.41. The third kappa shape index (κ3) is 5.57. The van der Waals surface area contributed by atoms with E-state index in [0.717, 1.165) is 5.56 Å². The number of ether oxygens (including phenoxy) is 5. The summed E-state index contributed by atoms with van der Waals surface area (Å²) in [5, 5.41) is 0. The zero-order valence-corrected chi connectivity index (χ0v) is 15.2. The van der Waals surface area contributed by atoms with E-state index in [0.29, 0.717) is 6.61 Å². The minimum absolute atomic E-state index is 0.0215. The Balaban J connectivity index is 2.20. The summed E-state index contributed by atoms with van der Waals surface area (Å²) in [4.78, 5) is 23.6. The van der Waals surface area contributed by atoms with Gasteiger partial charge in [0.2, 0.25) is 12.0 Å². The van der Waals surface area contributed by atoms with Crippen LogP contribution in [0.1, 0.15) is 26.3 Å². The molecule has 1 heterocycles. The Hall–Kier alpha value is -2.38. The van der Waals surface area contributed by atoms with E-state index < -0.39 is 30.4 Å². The lowest BCUT2D eigenvalue weighted by Gasteiger charge is -2.35. The number of benzene rings is 1. The SMILES string of the molecule is CCOC(=O)C1=C[C@H](OCC)[C@H](OC(C)=O)[C@H](OCc2ccccc2)O1. The Morgan fingerprint density at radius 1 is 1.08 bits per heavy atom. The van der Waals surface area contributed by atoms with Crippen molar-refractivity contribution in [2.45, 2.75) is 45.9 Å². The summed E-state index contributed by atoms with van der Waals surface area (Å²) < 4.78 is 27.3. The first-order valence-electron chi connectivity index (χ1n) is 8.55. The van der Waals surface area contributed by atoms with Gasteiger partial charge in [0.1, 0.15) is 6.10 Å². The van der Waals surface area contributed by atoms with E-state index in [1.54, 1.807) is 13.8 Å². The van der Waals surface area contributed by atoms with E-state index in [2.05, 4.69) is 0 Å². The molecule has 0 bridgehead atoms. The maximum absolute atomic E-state index is 12.1. The molecule has 26 heavy (non-hydrogen) atoms. The van der Waals surface area contributed by atoms with Crippen LogP contribution >= 0.6 is 0 Å². The second-order valence-corrected chi connectivity index (χ2v) is 5.53. The summed E-state index contributed by atoms with van der Waals surface area (Å²) in [6.45, 7) is 5.59. The van der Waals surface area contributed by atoms with Crippen LogP contribution in [-0.2, 0) is 39.9 Å². The predicted octanol–water partition coefficient (Wildman–Crippen LogP) is 2.34. The molecular formula is C19H24O7. The zero-order chi connectivity index (χ0) is 18.9. The molecule has 0 unspecified atom stereocenters. The topological polar surface area (TPSA) is 80.3 Å². The Morgan fingerprint density at radius 3 is 2.42 bits per heavy atom. The summed E-state index contributed by atoms with van der Waals surface area (Å²) in [6.07, 6.45) is -1.07. The average Bonchev–Trinajstić information content (AvgIpc) is 2.62. The molecule has 3 atom stereocenters. The van der Waals surface area contributed by atoms with E-state index >= 15 is 0 Å². The lowest BCUT2D eigenvalue weighted by molar-refractivity contribution is -0.229. The molecule has 0 fully saturated rings. The maximum Gasteiger partial charge on any atom is 0.373 e. The Kier molecular flexibility index (Phi) is 7.62. The van der Waals surface area contributed by atoms with E-state index in [1.165, 1.54) is 13.0 Å². The fourth-order valence-electron chi connectivity index (χ4n) is 2.48.